The number of hydrogen-bond donors (Lipinski definition) is 1. The number of carbonyl (C=O) groups is 1. The molecule has 0 fully saturated rings. The number of nitrogens with zero attached hydrogens (tertiary/aromatic N) is 2. The zero-order valence-electron chi connectivity index (χ0n) is 8.64. The zero-order valence-corrected chi connectivity index (χ0v) is 10.3. The minimum absolute atomic E-state index is 0. The molecule has 0 saturated carbocycles. The predicted molar refractivity (Wildman–Crippen MR) is 65.6 cm³/mol. The summed E-state index contributed by atoms with van der Waals surface area (Å²) < 4.78 is 1.87. The number of carbonyl (C=O) groups excluding carboxylic acids is 1. The minimum atomic E-state index is -0.128. The topological polar surface area (TPSA) is 60.9 Å². The molecule has 1 heterocycles. The van der Waals surface area contributed by atoms with Gasteiger partial charge >= 0.3 is 0 Å². The Morgan fingerprint density at radius 3 is 2.67 bits per heavy atom. The van der Waals surface area contributed by atoms with Crippen LogP contribution in [0.25, 0.3) is 0 Å². The Hall–Kier alpha value is -0.940. The van der Waals surface area contributed by atoms with Crippen LogP contribution in [0.15, 0.2) is 12.5 Å². The average Bonchev–Trinajstić information content (AvgIpc) is 2.50. The van der Waals surface area contributed by atoms with E-state index in [9.17, 15) is 4.79 Å². The molecule has 0 aliphatic heterocycles. The molecule has 0 saturated heterocycles. The second-order valence-electron chi connectivity index (χ2n) is 3.37. The van der Waals surface area contributed by atoms with Gasteiger partial charge in [0, 0.05) is 12.2 Å². The maximum atomic E-state index is 11.4. The van der Waals surface area contributed by atoms with Crippen LogP contribution in [0.2, 0.25) is 0 Å². The van der Waals surface area contributed by atoms with Crippen LogP contribution >= 0.6 is 24.6 Å². The Labute approximate surface area is 100 Å². The second-order valence-corrected chi connectivity index (χ2v) is 3.89. The molecule has 0 atom stereocenters. The largest absolute Gasteiger partial charge is 0.393 e. The van der Waals surface area contributed by atoms with Gasteiger partial charge in [-0.1, -0.05) is 12.2 Å². The summed E-state index contributed by atoms with van der Waals surface area (Å²) in [6, 6.07) is 0.300. The van der Waals surface area contributed by atoms with Gasteiger partial charge in [0.2, 0.25) is 0 Å². The minimum Gasteiger partial charge on any atom is -0.393 e. The van der Waals surface area contributed by atoms with Crippen molar-refractivity contribution in [3.8, 4) is 0 Å². The predicted octanol–water partition coefficient (Wildman–Crippen LogP) is 1.74. The van der Waals surface area contributed by atoms with Crippen LogP contribution in [0.3, 0.4) is 0 Å². The lowest BCUT2D eigenvalue weighted by Gasteiger charge is -2.03. The summed E-state index contributed by atoms with van der Waals surface area (Å²) in [4.78, 5) is 15.6. The lowest BCUT2D eigenvalue weighted by Crippen LogP contribution is -2.14. The Kier molecular flexibility index (Phi) is 5.46. The fourth-order valence-electron chi connectivity index (χ4n) is 1.01. The Bertz CT molecular complexity index is 362. The van der Waals surface area contributed by atoms with Crippen molar-refractivity contribution in [2.45, 2.75) is 26.3 Å². The number of halogens is 1. The molecule has 6 heteroatoms. The summed E-state index contributed by atoms with van der Waals surface area (Å²) in [7, 11) is 0. The molecule has 2 N–H and O–H groups in total. The first kappa shape index (κ1) is 14.1. The SMILES string of the molecule is CC(C)n1cnc(C(=O)CC(N)=S)c1.Cl. The molecule has 4 nitrogen and oxygen atoms in total. The normalized spacial score (nSPS) is 9.80. The van der Waals surface area contributed by atoms with E-state index in [4.69, 9.17) is 5.73 Å². The molecular formula is C9H14ClN3OS. The number of nitrogens with two attached hydrogens (primary N) is 1. The maximum Gasteiger partial charge on any atom is 0.189 e. The van der Waals surface area contributed by atoms with Gasteiger partial charge in [0.1, 0.15) is 5.69 Å². The third-order valence-electron chi connectivity index (χ3n) is 1.82. The first-order valence-electron chi connectivity index (χ1n) is 4.35. The van der Waals surface area contributed by atoms with Crippen LogP contribution in [0.1, 0.15) is 36.8 Å². The van der Waals surface area contributed by atoms with E-state index in [-0.39, 0.29) is 29.6 Å². The molecule has 0 spiro atoms. The highest BCUT2D eigenvalue weighted by Crippen LogP contribution is 2.07. The van der Waals surface area contributed by atoms with Crippen molar-refractivity contribution in [3.05, 3.63) is 18.2 Å². The number of ketones is 1. The van der Waals surface area contributed by atoms with Gasteiger partial charge in [0.15, 0.2) is 5.78 Å². The molecule has 0 aromatic carbocycles. The molecule has 0 bridgehead atoms. The van der Waals surface area contributed by atoms with E-state index in [0.29, 0.717) is 11.7 Å². The summed E-state index contributed by atoms with van der Waals surface area (Å²) in [6.07, 6.45) is 3.44. The van der Waals surface area contributed by atoms with Gasteiger partial charge in [0.25, 0.3) is 0 Å². The fourth-order valence-corrected chi connectivity index (χ4v) is 1.14. The van der Waals surface area contributed by atoms with E-state index in [0.717, 1.165) is 0 Å². The number of aromatic nitrogens is 2. The van der Waals surface area contributed by atoms with E-state index in [1.165, 1.54) is 0 Å². The van der Waals surface area contributed by atoms with Crippen molar-refractivity contribution >= 4 is 35.4 Å². The lowest BCUT2D eigenvalue weighted by atomic mass is 10.2. The molecule has 1 aromatic heterocycles. The summed E-state index contributed by atoms with van der Waals surface area (Å²) in [6.45, 7) is 4.03. The Morgan fingerprint density at radius 2 is 2.27 bits per heavy atom. The van der Waals surface area contributed by atoms with Gasteiger partial charge in [-0.3, -0.25) is 4.79 Å². The fraction of sp³-hybridized carbons (Fsp3) is 0.444. The highest BCUT2D eigenvalue weighted by atomic mass is 35.5. The number of rotatable bonds is 4. The van der Waals surface area contributed by atoms with Crippen molar-refractivity contribution in [1.82, 2.24) is 9.55 Å². The van der Waals surface area contributed by atoms with E-state index < -0.39 is 0 Å². The molecule has 15 heavy (non-hydrogen) atoms. The van der Waals surface area contributed by atoms with Gasteiger partial charge in [-0.25, -0.2) is 4.98 Å². The van der Waals surface area contributed by atoms with Crippen LogP contribution < -0.4 is 5.73 Å². The van der Waals surface area contributed by atoms with Gasteiger partial charge in [0.05, 0.1) is 17.7 Å². The van der Waals surface area contributed by atoms with Crippen LogP contribution in [0.4, 0.5) is 0 Å². The molecule has 0 aliphatic rings. The van der Waals surface area contributed by atoms with Gasteiger partial charge in [-0.15, -0.1) is 12.4 Å². The van der Waals surface area contributed by atoms with Crippen molar-refractivity contribution in [2.24, 2.45) is 5.73 Å². The van der Waals surface area contributed by atoms with Crippen LogP contribution in [-0.4, -0.2) is 20.3 Å². The zero-order chi connectivity index (χ0) is 10.7. The Balaban J connectivity index is 0.00000196. The van der Waals surface area contributed by atoms with E-state index in [1.807, 2.05) is 18.4 Å². The van der Waals surface area contributed by atoms with Crippen LogP contribution in [0, 0.1) is 0 Å². The van der Waals surface area contributed by atoms with Crippen molar-refractivity contribution in [2.75, 3.05) is 0 Å². The Morgan fingerprint density at radius 1 is 1.67 bits per heavy atom. The average molecular weight is 248 g/mol. The smallest absolute Gasteiger partial charge is 0.189 e. The van der Waals surface area contributed by atoms with Crippen LogP contribution in [-0.2, 0) is 0 Å². The molecular weight excluding hydrogens is 234 g/mol. The molecule has 0 amide bonds. The van der Waals surface area contributed by atoms with Crippen molar-refractivity contribution in [1.29, 1.82) is 0 Å². The maximum absolute atomic E-state index is 11.4. The number of thiocarbonyl (C=S) groups is 1. The molecule has 0 unspecified atom stereocenters. The number of imidazole rings is 1. The van der Waals surface area contributed by atoms with Gasteiger partial charge < -0.3 is 10.3 Å². The van der Waals surface area contributed by atoms with E-state index >= 15 is 0 Å². The summed E-state index contributed by atoms with van der Waals surface area (Å²) in [5.41, 5.74) is 5.70. The summed E-state index contributed by atoms with van der Waals surface area (Å²) >= 11 is 4.65. The number of Topliss-reactive ketones (excluding diaryl/α,β-unsaturated/α-hetero) is 1. The third kappa shape index (κ3) is 3.97. The quantitative estimate of drug-likeness (QED) is 0.651. The molecule has 0 radical (unpaired) electrons. The number of hydrogen-bond acceptors (Lipinski definition) is 3. The summed E-state index contributed by atoms with van der Waals surface area (Å²) in [5.74, 6) is -0.128. The standard InChI is InChI=1S/C9H13N3OS.ClH/c1-6(2)12-4-7(11-5-12)8(13)3-9(10)14;/h4-6H,3H2,1-2H3,(H2,10,14);1H. The lowest BCUT2D eigenvalue weighted by molar-refractivity contribution is 0.0996. The van der Waals surface area contributed by atoms with Crippen molar-refractivity contribution in [3.63, 3.8) is 0 Å². The van der Waals surface area contributed by atoms with Crippen molar-refractivity contribution < 1.29 is 4.79 Å². The third-order valence-corrected chi connectivity index (χ3v) is 1.96. The molecule has 1 rings (SSSR count). The van der Waals surface area contributed by atoms with E-state index in [2.05, 4.69) is 17.2 Å². The highest BCUT2D eigenvalue weighted by Gasteiger charge is 2.11. The van der Waals surface area contributed by atoms with E-state index in [1.54, 1.807) is 12.5 Å². The second kappa shape index (κ2) is 5.82. The van der Waals surface area contributed by atoms with Gasteiger partial charge in [-0.2, -0.15) is 0 Å². The first-order chi connectivity index (χ1) is 6.50. The van der Waals surface area contributed by atoms with Crippen LogP contribution in [0.5, 0.6) is 0 Å². The first-order valence-corrected chi connectivity index (χ1v) is 4.76. The molecule has 1 aromatic rings. The molecule has 84 valence electrons. The van der Waals surface area contributed by atoms with Gasteiger partial charge in [-0.05, 0) is 13.8 Å². The monoisotopic (exact) mass is 247 g/mol. The highest BCUT2D eigenvalue weighted by molar-refractivity contribution is 7.80. The molecule has 0 aliphatic carbocycles. The summed E-state index contributed by atoms with van der Waals surface area (Å²) in [5, 5.41) is 0.